The van der Waals surface area contributed by atoms with E-state index in [1.54, 1.807) is 0 Å². The summed E-state index contributed by atoms with van der Waals surface area (Å²) >= 11 is 0. The second-order valence-corrected chi connectivity index (χ2v) is 11.5. The van der Waals surface area contributed by atoms with Crippen LogP contribution in [0.2, 0.25) is 0 Å². The number of amides is 1. The molecule has 0 aromatic heterocycles. The zero-order chi connectivity index (χ0) is 23.1. The molecule has 184 valence electrons. The smallest absolute Gasteiger partial charge is 0.314 e. The Bertz CT molecular complexity index is 694. The summed E-state index contributed by atoms with van der Waals surface area (Å²) in [5.41, 5.74) is 0. The summed E-state index contributed by atoms with van der Waals surface area (Å²) in [7, 11) is -4.60. The molecule has 8 heteroatoms. The average molecular weight is 471 g/mol. The van der Waals surface area contributed by atoms with E-state index in [1.165, 1.54) is 44.9 Å². The summed E-state index contributed by atoms with van der Waals surface area (Å²) < 4.78 is 16.8. The minimum Gasteiger partial charge on any atom is -0.314 e. The minimum atomic E-state index is -4.60. The van der Waals surface area contributed by atoms with Gasteiger partial charge in [-0.1, -0.05) is 65.2 Å². The second-order valence-electron chi connectivity index (χ2n) is 10.3. The number of aliphatic imine (C=N–C) groups is 1. The molecular formula is C24H43N2O5P. The molecule has 7 nitrogen and oxygen atoms in total. The van der Waals surface area contributed by atoms with Crippen LogP contribution in [0.15, 0.2) is 4.99 Å². The van der Waals surface area contributed by atoms with Crippen molar-refractivity contribution in [1.29, 1.82) is 0 Å². The molecule has 1 amide bonds. The molecule has 3 aliphatic rings. The summed E-state index contributed by atoms with van der Waals surface area (Å²) in [6.45, 7) is 4.40. The number of unbranched alkanes of at least 4 members (excludes halogenated alkanes) is 4. The largest absolute Gasteiger partial charge is 0.469 e. The van der Waals surface area contributed by atoms with Crippen LogP contribution < -0.4 is 5.32 Å². The van der Waals surface area contributed by atoms with Crippen LogP contribution in [-0.2, 0) is 13.9 Å². The Hall–Kier alpha value is -0.750. The van der Waals surface area contributed by atoms with E-state index < -0.39 is 13.9 Å². The normalized spacial score (nSPS) is 33.4. The van der Waals surface area contributed by atoms with Gasteiger partial charge in [-0.25, -0.2) is 4.57 Å². The number of carbonyl (C=O) groups is 1. The molecule has 3 rings (SSSR count). The maximum Gasteiger partial charge on any atom is 0.469 e. The van der Waals surface area contributed by atoms with Crippen molar-refractivity contribution >= 4 is 19.6 Å². The number of amidine groups is 1. The van der Waals surface area contributed by atoms with E-state index in [0.29, 0.717) is 24.1 Å². The van der Waals surface area contributed by atoms with Gasteiger partial charge >= 0.3 is 7.82 Å². The molecule has 0 bridgehead atoms. The highest BCUT2D eigenvalue weighted by Crippen LogP contribution is 2.45. The van der Waals surface area contributed by atoms with E-state index in [1.807, 2.05) is 0 Å². The molecule has 6 unspecified atom stereocenters. The Kier molecular flexibility index (Phi) is 9.78. The van der Waals surface area contributed by atoms with Crippen LogP contribution >= 0.6 is 7.82 Å². The minimum absolute atomic E-state index is 0.00245. The highest BCUT2D eigenvalue weighted by Gasteiger charge is 2.43. The lowest BCUT2D eigenvalue weighted by molar-refractivity contribution is -0.126. The Morgan fingerprint density at radius 3 is 2.12 bits per heavy atom. The first-order valence-corrected chi connectivity index (χ1v) is 14.5. The Morgan fingerprint density at radius 1 is 0.938 bits per heavy atom. The zero-order valence-corrected chi connectivity index (χ0v) is 20.8. The monoisotopic (exact) mass is 470 g/mol. The lowest BCUT2D eigenvalue weighted by Crippen LogP contribution is -2.53. The average Bonchev–Trinajstić information content (AvgIpc) is 2.74. The van der Waals surface area contributed by atoms with Gasteiger partial charge < -0.3 is 15.1 Å². The molecule has 0 radical (unpaired) electrons. The van der Waals surface area contributed by atoms with Gasteiger partial charge in [0.05, 0.1) is 18.1 Å². The quantitative estimate of drug-likeness (QED) is 0.278. The van der Waals surface area contributed by atoms with Crippen molar-refractivity contribution in [2.24, 2.45) is 28.7 Å². The zero-order valence-electron chi connectivity index (χ0n) is 19.9. The maximum absolute atomic E-state index is 13.1. The standard InChI is InChI=1S/C24H43N2O5P/c1-3-5-7-9-17-11-13-21-19(15-17)24(27)26-23(25-21)20-16-18(10-8-6-4-2)12-14-22(20)31-32(28,29)30/h17-22H,3-16H2,1-2H3,(H,25,26,27)(H2,28,29,30). The molecule has 3 N–H and O–H groups in total. The molecule has 0 saturated heterocycles. The highest BCUT2D eigenvalue weighted by molar-refractivity contribution is 7.46. The third kappa shape index (κ3) is 7.38. The van der Waals surface area contributed by atoms with Crippen LogP contribution in [0.25, 0.3) is 0 Å². The van der Waals surface area contributed by atoms with Crippen LogP contribution in [0.4, 0.5) is 0 Å². The van der Waals surface area contributed by atoms with Gasteiger partial charge in [0.1, 0.15) is 5.84 Å². The van der Waals surface area contributed by atoms with Gasteiger partial charge in [-0.15, -0.1) is 0 Å². The van der Waals surface area contributed by atoms with Crippen LogP contribution in [0.3, 0.4) is 0 Å². The molecule has 0 spiro atoms. The predicted octanol–water partition coefficient (Wildman–Crippen LogP) is 5.35. The van der Waals surface area contributed by atoms with E-state index in [2.05, 4.69) is 19.2 Å². The molecule has 6 atom stereocenters. The maximum atomic E-state index is 13.1. The van der Waals surface area contributed by atoms with E-state index >= 15 is 0 Å². The Labute approximate surface area is 193 Å². The molecule has 2 aliphatic carbocycles. The predicted molar refractivity (Wildman–Crippen MR) is 126 cm³/mol. The van der Waals surface area contributed by atoms with Crippen molar-refractivity contribution < 1.29 is 23.7 Å². The number of phosphoric ester groups is 1. The number of hydrogen-bond donors (Lipinski definition) is 3. The fraction of sp³-hybridized carbons (Fsp3) is 0.917. The molecule has 1 heterocycles. The molecule has 32 heavy (non-hydrogen) atoms. The van der Waals surface area contributed by atoms with Crippen LogP contribution in [0, 0.1) is 23.7 Å². The number of nitrogens with zero attached hydrogens (tertiary/aromatic N) is 1. The number of rotatable bonds is 11. The van der Waals surface area contributed by atoms with Crippen molar-refractivity contribution in [3.8, 4) is 0 Å². The van der Waals surface area contributed by atoms with Crippen molar-refractivity contribution in [2.75, 3.05) is 0 Å². The summed E-state index contributed by atoms with van der Waals surface area (Å²) in [6.07, 6.45) is 14.2. The third-order valence-corrected chi connectivity index (χ3v) is 8.31. The second kappa shape index (κ2) is 12.1. The van der Waals surface area contributed by atoms with E-state index in [-0.39, 0.29) is 23.8 Å². The molecule has 1 aliphatic heterocycles. The fourth-order valence-electron chi connectivity index (χ4n) is 6.01. The first kappa shape index (κ1) is 25.9. The van der Waals surface area contributed by atoms with Crippen molar-refractivity contribution in [3.63, 3.8) is 0 Å². The Balaban J connectivity index is 1.69. The van der Waals surface area contributed by atoms with E-state index in [4.69, 9.17) is 9.52 Å². The Morgan fingerprint density at radius 2 is 1.53 bits per heavy atom. The highest BCUT2D eigenvalue weighted by atomic mass is 31.2. The first-order valence-electron chi connectivity index (χ1n) is 12.9. The lowest BCUT2D eigenvalue weighted by Gasteiger charge is -2.41. The van der Waals surface area contributed by atoms with Gasteiger partial charge in [0.2, 0.25) is 5.91 Å². The fourth-order valence-corrected chi connectivity index (χ4v) is 6.61. The summed E-state index contributed by atoms with van der Waals surface area (Å²) in [5.74, 6) is 1.42. The van der Waals surface area contributed by atoms with Crippen molar-refractivity contribution in [1.82, 2.24) is 5.32 Å². The summed E-state index contributed by atoms with van der Waals surface area (Å²) in [6, 6.07) is -0.00245. The third-order valence-electron chi connectivity index (χ3n) is 7.77. The van der Waals surface area contributed by atoms with Gasteiger partial charge in [0.25, 0.3) is 0 Å². The van der Waals surface area contributed by atoms with Crippen LogP contribution in [0.1, 0.15) is 104 Å². The number of hydrogen-bond acceptors (Lipinski definition) is 4. The van der Waals surface area contributed by atoms with Gasteiger partial charge in [-0.3, -0.25) is 14.3 Å². The molecule has 2 saturated carbocycles. The molecular weight excluding hydrogens is 427 g/mol. The van der Waals surface area contributed by atoms with Crippen LogP contribution in [-0.4, -0.2) is 33.7 Å². The van der Waals surface area contributed by atoms with Crippen molar-refractivity contribution in [2.45, 2.75) is 116 Å². The lowest BCUT2D eigenvalue weighted by atomic mass is 9.73. The summed E-state index contributed by atoms with van der Waals surface area (Å²) in [4.78, 5) is 36.9. The molecule has 0 aromatic rings. The van der Waals surface area contributed by atoms with Gasteiger partial charge in [0.15, 0.2) is 0 Å². The molecule has 0 aromatic carbocycles. The number of fused-ring (bicyclic) bond motifs is 1. The number of nitrogens with one attached hydrogen (secondary N) is 1. The topological polar surface area (TPSA) is 108 Å². The first-order chi connectivity index (χ1) is 15.3. The van der Waals surface area contributed by atoms with E-state index in [0.717, 1.165) is 38.5 Å². The van der Waals surface area contributed by atoms with Crippen molar-refractivity contribution in [3.05, 3.63) is 0 Å². The SMILES string of the molecule is CCCCCC1CCC2N=C(C3CC(CCCCC)CCC3OP(=O)(O)O)NC(=O)C2C1. The van der Waals surface area contributed by atoms with Gasteiger partial charge in [-0.05, 0) is 50.4 Å². The summed E-state index contributed by atoms with van der Waals surface area (Å²) in [5, 5.41) is 3.05. The number of phosphoric acid groups is 1. The van der Waals surface area contributed by atoms with Crippen LogP contribution in [0.5, 0.6) is 0 Å². The van der Waals surface area contributed by atoms with Gasteiger partial charge in [-0.2, -0.15) is 0 Å². The molecule has 2 fully saturated rings. The number of carbonyl (C=O) groups excluding carboxylic acids is 1. The van der Waals surface area contributed by atoms with E-state index in [9.17, 15) is 19.1 Å². The van der Waals surface area contributed by atoms with Gasteiger partial charge in [0, 0.05) is 5.92 Å².